The van der Waals surface area contributed by atoms with Gasteiger partial charge >= 0.3 is 5.97 Å². The van der Waals surface area contributed by atoms with Crippen LogP contribution in [0.25, 0.3) is 6.08 Å². The van der Waals surface area contributed by atoms with Crippen LogP contribution in [-0.4, -0.2) is 19.7 Å². The van der Waals surface area contributed by atoms with Gasteiger partial charge in [0.05, 0.1) is 13.7 Å². The maximum atomic E-state index is 11.6. The van der Waals surface area contributed by atoms with Crippen LogP contribution in [0.3, 0.4) is 0 Å². The minimum atomic E-state index is -0.332. The zero-order valence-corrected chi connectivity index (χ0v) is 12.0. The minimum Gasteiger partial charge on any atom is -0.497 e. The third-order valence-electron chi connectivity index (χ3n) is 2.98. The van der Waals surface area contributed by atoms with Crippen LogP contribution in [0.4, 0.5) is 0 Å². The lowest BCUT2D eigenvalue weighted by atomic mass is 10.1. The van der Waals surface area contributed by atoms with Gasteiger partial charge in [0.15, 0.2) is 0 Å². The first kappa shape index (κ1) is 14.9. The van der Waals surface area contributed by atoms with E-state index in [1.54, 1.807) is 13.2 Å². The summed E-state index contributed by atoms with van der Waals surface area (Å²) in [4.78, 5) is 11.6. The number of hydrogen-bond donors (Lipinski definition) is 0. The van der Waals surface area contributed by atoms with E-state index in [1.807, 2.05) is 54.6 Å². The number of rotatable bonds is 6. The van der Waals surface area contributed by atoms with E-state index in [0.29, 0.717) is 13.0 Å². The molecule has 0 heterocycles. The first-order valence-corrected chi connectivity index (χ1v) is 6.81. The van der Waals surface area contributed by atoms with E-state index in [-0.39, 0.29) is 5.97 Å². The van der Waals surface area contributed by atoms with E-state index < -0.39 is 0 Å². The predicted octanol–water partition coefficient (Wildman–Crippen LogP) is 3.49. The summed E-state index contributed by atoms with van der Waals surface area (Å²) >= 11 is 0. The Hall–Kier alpha value is -2.55. The Morgan fingerprint density at radius 1 is 1.10 bits per heavy atom. The number of carbonyl (C=O) groups excluding carboxylic acids is 1. The van der Waals surface area contributed by atoms with Gasteiger partial charge in [0.25, 0.3) is 0 Å². The van der Waals surface area contributed by atoms with Crippen molar-refractivity contribution in [3.63, 3.8) is 0 Å². The van der Waals surface area contributed by atoms with Gasteiger partial charge in [-0.15, -0.1) is 0 Å². The highest BCUT2D eigenvalue weighted by atomic mass is 16.5. The fourth-order valence-corrected chi connectivity index (χ4v) is 1.87. The van der Waals surface area contributed by atoms with Crippen molar-refractivity contribution in [3.8, 4) is 5.75 Å². The van der Waals surface area contributed by atoms with Crippen molar-refractivity contribution in [2.75, 3.05) is 13.7 Å². The first-order valence-electron chi connectivity index (χ1n) is 6.81. The van der Waals surface area contributed by atoms with Crippen LogP contribution in [0, 0.1) is 0 Å². The highest BCUT2D eigenvalue weighted by Gasteiger charge is 1.99. The minimum absolute atomic E-state index is 0.332. The van der Waals surface area contributed by atoms with Crippen LogP contribution in [0.1, 0.15) is 11.1 Å². The average molecular weight is 282 g/mol. The van der Waals surface area contributed by atoms with Crippen LogP contribution in [-0.2, 0) is 16.0 Å². The monoisotopic (exact) mass is 282 g/mol. The van der Waals surface area contributed by atoms with Crippen LogP contribution in [0.15, 0.2) is 60.7 Å². The summed E-state index contributed by atoms with van der Waals surface area (Å²) in [5, 5.41) is 0. The number of benzene rings is 2. The van der Waals surface area contributed by atoms with Gasteiger partial charge in [-0.2, -0.15) is 0 Å². The van der Waals surface area contributed by atoms with Crippen molar-refractivity contribution in [3.05, 3.63) is 71.8 Å². The summed E-state index contributed by atoms with van der Waals surface area (Å²) in [6.07, 6.45) is 3.86. The number of hydrogen-bond acceptors (Lipinski definition) is 3. The van der Waals surface area contributed by atoms with Gasteiger partial charge in [0.1, 0.15) is 5.75 Å². The van der Waals surface area contributed by atoms with Crippen molar-refractivity contribution < 1.29 is 14.3 Å². The standard InChI is InChI=1S/C18H18O3/c1-20-17-9-5-8-16(14-17)12-13-21-18(19)11-10-15-6-3-2-4-7-15/h2-11,14H,12-13H2,1H3/b11-10+. The van der Waals surface area contributed by atoms with E-state index in [9.17, 15) is 4.79 Å². The maximum absolute atomic E-state index is 11.6. The van der Waals surface area contributed by atoms with Crippen LogP contribution < -0.4 is 4.74 Å². The lowest BCUT2D eigenvalue weighted by Gasteiger charge is -2.04. The predicted molar refractivity (Wildman–Crippen MR) is 83.1 cm³/mol. The van der Waals surface area contributed by atoms with Gasteiger partial charge in [-0.3, -0.25) is 0 Å². The second-order valence-electron chi connectivity index (χ2n) is 4.51. The van der Waals surface area contributed by atoms with Crippen molar-refractivity contribution in [1.82, 2.24) is 0 Å². The lowest BCUT2D eigenvalue weighted by molar-refractivity contribution is -0.137. The Bertz CT molecular complexity index is 603. The van der Waals surface area contributed by atoms with Crippen molar-refractivity contribution in [1.29, 1.82) is 0 Å². The average Bonchev–Trinajstić information content (AvgIpc) is 2.54. The molecule has 0 fully saturated rings. The van der Waals surface area contributed by atoms with Crippen molar-refractivity contribution in [2.24, 2.45) is 0 Å². The Morgan fingerprint density at radius 2 is 1.90 bits per heavy atom. The van der Waals surface area contributed by atoms with E-state index in [0.717, 1.165) is 16.9 Å². The number of methoxy groups -OCH3 is 1. The lowest BCUT2D eigenvalue weighted by Crippen LogP contribution is -2.04. The fourth-order valence-electron chi connectivity index (χ4n) is 1.87. The molecule has 3 nitrogen and oxygen atoms in total. The molecule has 2 aromatic carbocycles. The Kier molecular flexibility index (Phi) is 5.59. The molecular weight excluding hydrogens is 264 g/mol. The Labute approximate surface area is 124 Å². The molecule has 0 aliphatic carbocycles. The van der Waals surface area contributed by atoms with Gasteiger partial charge in [-0.05, 0) is 29.3 Å². The molecule has 0 radical (unpaired) electrons. The quantitative estimate of drug-likeness (QED) is 0.601. The zero-order valence-electron chi connectivity index (χ0n) is 12.0. The molecule has 0 unspecified atom stereocenters. The van der Waals surface area contributed by atoms with Crippen molar-refractivity contribution >= 4 is 12.0 Å². The molecule has 0 aliphatic heterocycles. The SMILES string of the molecule is COc1cccc(CCOC(=O)/C=C/c2ccccc2)c1. The highest BCUT2D eigenvalue weighted by Crippen LogP contribution is 2.12. The topological polar surface area (TPSA) is 35.5 Å². The van der Waals surface area contributed by atoms with Gasteiger partial charge in [-0.25, -0.2) is 4.79 Å². The molecule has 21 heavy (non-hydrogen) atoms. The molecule has 108 valence electrons. The van der Waals surface area contributed by atoms with Crippen LogP contribution in [0.2, 0.25) is 0 Å². The molecule has 0 aromatic heterocycles. The van der Waals surface area contributed by atoms with Crippen LogP contribution >= 0.6 is 0 Å². The second-order valence-corrected chi connectivity index (χ2v) is 4.51. The molecule has 0 bridgehead atoms. The van der Waals surface area contributed by atoms with E-state index in [4.69, 9.17) is 9.47 Å². The maximum Gasteiger partial charge on any atom is 0.330 e. The highest BCUT2D eigenvalue weighted by molar-refractivity contribution is 5.87. The fraction of sp³-hybridized carbons (Fsp3) is 0.167. The summed E-state index contributed by atoms with van der Waals surface area (Å²) < 4.78 is 10.3. The summed E-state index contributed by atoms with van der Waals surface area (Å²) in [7, 11) is 1.63. The smallest absolute Gasteiger partial charge is 0.330 e. The van der Waals surface area contributed by atoms with Gasteiger partial charge in [0.2, 0.25) is 0 Å². The van der Waals surface area contributed by atoms with Crippen LogP contribution in [0.5, 0.6) is 5.75 Å². The van der Waals surface area contributed by atoms with Gasteiger partial charge in [-0.1, -0.05) is 42.5 Å². The molecular formula is C18H18O3. The second kappa shape index (κ2) is 7.90. The zero-order chi connectivity index (χ0) is 14.9. The summed E-state index contributed by atoms with van der Waals surface area (Å²) in [6.45, 7) is 0.352. The first-order chi connectivity index (χ1) is 10.3. The van der Waals surface area contributed by atoms with Crippen molar-refractivity contribution in [2.45, 2.75) is 6.42 Å². The third-order valence-corrected chi connectivity index (χ3v) is 2.98. The number of carbonyl (C=O) groups is 1. The summed E-state index contributed by atoms with van der Waals surface area (Å²) in [6, 6.07) is 17.4. The van der Waals surface area contributed by atoms with E-state index >= 15 is 0 Å². The number of ether oxygens (including phenoxy) is 2. The Balaban J connectivity index is 1.78. The van der Waals surface area contributed by atoms with E-state index in [1.165, 1.54) is 6.08 Å². The molecule has 2 rings (SSSR count). The molecule has 0 amide bonds. The Morgan fingerprint density at radius 3 is 2.67 bits per heavy atom. The summed E-state index contributed by atoms with van der Waals surface area (Å²) in [5.41, 5.74) is 2.05. The number of esters is 1. The molecule has 0 atom stereocenters. The van der Waals surface area contributed by atoms with Gasteiger partial charge < -0.3 is 9.47 Å². The molecule has 0 N–H and O–H groups in total. The normalized spacial score (nSPS) is 10.5. The summed E-state index contributed by atoms with van der Waals surface area (Å²) in [5.74, 6) is 0.476. The third kappa shape index (κ3) is 5.15. The molecule has 2 aromatic rings. The molecule has 0 aliphatic rings. The van der Waals surface area contributed by atoms with E-state index in [2.05, 4.69) is 0 Å². The molecule has 0 spiro atoms. The van der Waals surface area contributed by atoms with Gasteiger partial charge in [0, 0.05) is 12.5 Å². The molecule has 0 saturated carbocycles. The molecule has 3 heteroatoms. The largest absolute Gasteiger partial charge is 0.497 e. The molecule has 0 saturated heterocycles.